The number of aromatic nitrogens is 3. The third kappa shape index (κ3) is 2.52. The Hall–Kier alpha value is -3.41. The van der Waals surface area contributed by atoms with Crippen molar-refractivity contribution < 1.29 is 9.90 Å². The molecular formula is C21H19N3O3. The van der Waals surface area contributed by atoms with Gasteiger partial charge >= 0.3 is 0 Å². The number of hydrogen-bond donors (Lipinski definition) is 1. The summed E-state index contributed by atoms with van der Waals surface area (Å²) in [6, 6.07) is 12.5. The van der Waals surface area contributed by atoms with E-state index in [2.05, 4.69) is 4.98 Å². The fourth-order valence-electron chi connectivity index (χ4n) is 3.67. The first-order valence-corrected chi connectivity index (χ1v) is 8.80. The summed E-state index contributed by atoms with van der Waals surface area (Å²) in [7, 11) is 1.83. The molecule has 0 saturated carbocycles. The summed E-state index contributed by atoms with van der Waals surface area (Å²) in [5.41, 5.74) is 1.87. The number of carbonyl (C=O) groups is 1. The fourth-order valence-corrected chi connectivity index (χ4v) is 3.67. The van der Waals surface area contributed by atoms with Gasteiger partial charge in [-0.3, -0.25) is 14.2 Å². The molecule has 0 bridgehead atoms. The van der Waals surface area contributed by atoms with Crippen LogP contribution in [0.2, 0.25) is 0 Å². The molecule has 4 rings (SSSR count). The Bertz CT molecular complexity index is 1240. The lowest BCUT2D eigenvalue weighted by atomic mass is 10.1. The van der Waals surface area contributed by atoms with Crippen LogP contribution in [0.3, 0.4) is 0 Å². The molecule has 27 heavy (non-hydrogen) atoms. The molecule has 0 unspecified atom stereocenters. The Morgan fingerprint density at radius 3 is 2.59 bits per heavy atom. The Morgan fingerprint density at radius 1 is 1.15 bits per heavy atom. The van der Waals surface area contributed by atoms with Crippen LogP contribution < -0.4 is 5.56 Å². The zero-order valence-electron chi connectivity index (χ0n) is 15.1. The number of fused-ring (bicyclic) bond motifs is 3. The first-order valence-electron chi connectivity index (χ1n) is 8.80. The summed E-state index contributed by atoms with van der Waals surface area (Å²) in [5, 5.41) is 11.6. The number of aryl methyl sites for hydroxylation is 1. The molecule has 1 N–H and O–H groups in total. The largest absolute Gasteiger partial charge is 0.505 e. The molecule has 6 nitrogen and oxygen atoms in total. The molecule has 0 saturated heterocycles. The topological polar surface area (TPSA) is 77.1 Å². The second-order valence-corrected chi connectivity index (χ2v) is 6.49. The number of aromatic hydroxyl groups is 1. The van der Waals surface area contributed by atoms with Crippen molar-refractivity contribution in [1.29, 1.82) is 0 Å². The van der Waals surface area contributed by atoms with Gasteiger partial charge in [0.25, 0.3) is 5.56 Å². The molecule has 0 spiro atoms. The minimum absolute atomic E-state index is 0.0216. The van der Waals surface area contributed by atoms with E-state index in [1.54, 1.807) is 36.5 Å². The number of rotatable bonds is 4. The second-order valence-electron chi connectivity index (χ2n) is 6.49. The van der Waals surface area contributed by atoms with E-state index in [0.29, 0.717) is 28.8 Å². The quantitative estimate of drug-likeness (QED) is 0.567. The SMILES string of the molecule is CCc1c(O)c2c(=O)n(CC(=O)c3ccccc3)c3ncccc3c2n1C. The predicted molar refractivity (Wildman–Crippen MR) is 104 cm³/mol. The highest BCUT2D eigenvalue weighted by molar-refractivity contribution is 6.06. The zero-order valence-corrected chi connectivity index (χ0v) is 15.1. The van der Waals surface area contributed by atoms with Crippen molar-refractivity contribution >= 4 is 27.7 Å². The molecule has 0 amide bonds. The van der Waals surface area contributed by atoms with Crippen LogP contribution in [-0.4, -0.2) is 25.0 Å². The second kappa shape index (κ2) is 6.39. The molecular weight excluding hydrogens is 342 g/mol. The van der Waals surface area contributed by atoms with E-state index >= 15 is 0 Å². The van der Waals surface area contributed by atoms with E-state index in [0.717, 1.165) is 5.39 Å². The van der Waals surface area contributed by atoms with E-state index in [-0.39, 0.29) is 23.5 Å². The number of pyridine rings is 2. The summed E-state index contributed by atoms with van der Waals surface area (Å²) in [6.07, 6.45) is 2.18. The van der Waals surface area contributed by atoms with Crippen LogP contribution in [0.5, 0.6) is 5.75 Å². The maximum absolute atomic E-state index is 13.2. The van der Waals surface area contributed by atoms with Crippen LogP contribution in [-0.2, 0) is 20.0 Å². The first-order chi connectivity index (χ1) is 13.0. The van der Waals surface area contributed by atoms with E-state index < -0.39 is 5.56 Å². The van der Waals surface area contributed by atoms with Gasteiger partial charge < -0.3 is 9.67 Å². The van der Waals surface area contributed by atoms with Crippen molar-refractivity contribution in [2.45, 2.75) is 19.9 Å². The molecule has 136 valence electrons. The van der Waals surface area contributed by atoms with Crippen LogP contribution in [0.15, 0.2) is 53.5 Å². The molecule has 0 aliphatic carbocycles. The van der Waals surface area contributed by atoms with Gasteiger partial charge in [-0.05, 0) is 18.6 Å². The smallest absolute Gasteiger partial charge is 0.265 e. The zero-order chi connectivity index (χ0) is 19.1. The van der Waals surface area contributed by atoms with Crippen LogP contribution in [0.1, 0.15) is 23.0 Å². The number of benzene rings is 1. The van der Waals surface area contributed by atoms with Crippen LogP contribution in [0.25, 0.3) is 21.9 Å². The van der Waals surface area contributed by atoms with E-state index in [1.807, 2.05) is 30.7 Å². The fraction of sp³-hybridized carbons (Fsp3) is 0.190. The van der Waals surface area contributed by atoms with Gasteiger partial charge in [0, 0.05) is 24.2 Å². The Balaban J connectivity index is 2.03. The van der Waals surface area contributed by atoms with Gasteiger partial charge in [0.05, 0.1) is 17.8 Å². The highest BCUT2D eigenvalue weighted by Gasteiger charge is 2.22. The summed E-state index contributed by atoms with van der Waals surface area (Å²) in [6.45, 7) is 1.79. The van der Waals surface area contributed by atoms with E-state index in [4.69, 9.17) is 0 Å². The highest BCUT2D eigenvalue weighted by Crippen LogP contribution is 2.33. The lowest BCUT2D eigenvalue weighted by molar-refractivity contribution is 0.0972. The van der Waals surface area contributed by atoms with Crippen molar-refractivity contribution in [1.82, 2.24) is 14.1 Å². The molecule has 3 aromatic heterocycles. The van der Waals surface area contributed by atoms with Crippen LogP contribution in [0.4, 0.5) is 0 Å². The molecule has 0 atom stereocenters. The van der Waals surface area contributed by atoms with Crippen molar-refractivity contribution in [3.63, 3.8) is 0 Å². The first kappa shape index (κ1) is 17.0. The number of Topliss-reactive ketones (excluding diaryl/α,β-unsaturated/α-hetero) is 1. The normalized spacial score (nSPS) is 11.3. The van der Waals surface area contributed by atoms with Crippen molar-refractivity contribution in [2.24, 2.45) is 7.05 Å². The minimum Gasteiger partial charge on any atom is -0.505 e. The van der Waals surface area contributed by atoms with Gasteiger partial charge in [-0.15, -0.1) is 0 Å². The van der Waals surface area contributed by atoms with Crippen LogP contribution in [0, 0.1) is 0 Å². The Morgan fingerprint density at radius 2 is 1.89 bits per heavy atom. The summed E-state index contributed by atoms with van der Waals surface area (Å²) in [4.78, 5) is 30.3. The van der Waals surface area contributed by atoms with Gasteiger partial charge in [0.2, 0.25) is 0 Å². The van der Waals surface area contributed by atoms with Gasteiger partial charge in [-0.1, -0.05) is 37.3 Å². The summed E-state index contributed by atoms with van der Waals surface area (Å²) in [5.74, 6) is -0.207. The van der Waals surface area contributed by atoms with Crippen molar-refractivity contribution in [3.05, 3.63) is 70.3 Å². The average Bonchev–Trinajstić information content (AvgIpc) is 2.95. The lowest BCUT2D eigenvalue weighted by Crippen LogP contribution is -2.25. The monoisotopic (exact) mass is 361 g/mol. The molecule has 0 radical (unpaired) electrons. The molecule has 4 aromatic rings. The molecule has 0 aliphatic rings. The van der Waals surface area contributed by atoms with Crippen molar-refractivity contribution in [2.75, 3.05) is 0 Å². The average molecular weight is 361 g/mol. The molecule has 6 heteroatoms. The summed E-state index contributed by atoms with van der Waals surface area (Å²) < 4.78 is 3.19. The molecule has 0 aliphatic heterocycles. The van der Waals surface area contributed by atoms with Crippen LogP contribution >= 0.6 is 0 Å². The predicted octanol–water partition coefficient (Wildman–Crippen LogP) is 3.04. The minimum atomic E-state index is -0.409. The van der Waals surface area contributed by atoms with Gasteiger partial charge in [0.1, 0.15) is 16.8 Å². The third-order valence-corrected chi connectivity index (χ3v) is 4.98. The third-order valence-electron chi connectivity index (χ3n) is 4.98. The van der Waals surface area contributed by atoms with Gasteiger partial charge in [0.15, 0.2) is 5.78 Å². The number of ketones is 1. The lowest BCUT2D eigenvalue weighted by Gasteiger charge is -2.11. The summed E-state index contributed by atoms with van der Waals surface area (Å²) >= 11 is 0. The molecule has 3 heterocycles. The number of carbonyl (C=O) groups excluding carboxylic acids is 1. The van der Waals surface area contributed by atoms with Gasteiger partial charge in [-0.2, -0.15) is 0 Å². The maximum Gasteiger partial charge on any atom is 0.265 e. The standard InChI is InChI=1S/C21H19N3O3/c1-3-15-19(26)17-18(23(15)2)14-10-7-11-22-20(14)24(21(17)27)12-16(25)13-8-5-4-6-9-13/h4-11,26H,3,12H2,1-2H3. The van der Waals surface area contributed by atoms with E-state index in [9.17, 15) is 14.7 Å². The van der Waals surface area contributed by atoms with Crippen molar-refractivity contribution in [3.8, 4) is 5.75 Å². The molecule has 1 aromatic carbocycles. The maximum atomic E-state index is 13.2. The Kier molecular flexibility index (Phi) is 4.03. The van der Waals surface area contributed by atoms with E-state index in [1.165, 1.54) is 4.57 Å². The van der Waals surface area contributed by atoms with Gasteiger partial charge in [-0.25, -0.2) is 4.98 Å². The Labute approximate surface area is 155 Å². The highest BCUT2D eigenvalue weighted by atomic mass is 16.3. The molecule has 0 fully saturated rings. The number of hydrogen-bond acceptors (Lipinski definition) is 4. The number of nitrogens with zero attached hydrogens (tertiary/aromatic N) is 3.